The van der Waals surface area contributed by atoms with Gasteiger partial charge in [-0.1, -0.05) is 44.2 Å². The molecule has 1 unspecified atom stereocenters. The van der Waals surface area contributed by atoms with Gasteiger partial charge in [-0.05, 0) is 65.6 Å². The van der Waals surface area contributed by atoms with E-state index in [9.17, 15) is 14.0 Å². The van der Waals surface area contributed by atoms with E-state index in [1.165, 1.54) is 30.5 Å². The number of rotatable bonds is 9. The number of hydrazone groups is 1. The molecule has 0 aliphatic heterocycles. The summed E-state index contributed by atoms with van der Waals surface area (Å²) in [6.45, 7) is 4.10. The zero-order valence-electron chi connectivity index (χ0n) is 18.5. The van der Waals surface area contributed by atoms with Gasteiger partial charge in [-0.3, -0.25) is 9.59 Å². The predicted molar refractivity (Wildman–Crippen MR) is 125 cm³/mol. The zero-order chi connectivity index (χ0) is 23.6. The van der Waals surface area contributed by atoms with Crippen molar-refractivity contribution in [1.82, 2.24) is 10.7 Å². The molecule has 0 fully saturated rings. The van der Waals surface area contributed by atoms with Crippen LogP contribution in [-0.4, -0.2) is 24.1 Å². The SMILES string of the molecule is CC(C)C(NC(=O)c1ccc(F)cc1)C(=O)N/N=C/c1ccc(OCc2ccccc2)cc1. The van der Waals surface area contributed by atoms with Crippen LogP contribution >= 0.6 is 0 Å². The van der Waals surface area contributed by atoms with Gasteiger partial charge in [-0.2, -0.15) is 5.10 Å². The summed E-state index contributed by atoms with van der Waals surface area (Å²) < 4.78 is 18.8. The van der Waals surface area contributed by atoms with Crippen LogP contribution in [0, 0.1) is 11.7 Å². The summed E-state index contributed by atoms with van der Waals surface area (Å²) in [4.78, 5) is 24.9. The fraction of sp³-hybridized carbons (Fsp3) is 0.192. The van der Waals surface area contributed by atoms with Gasteiger partial charge in [0.25, 0.3) is 11.8 Å². The highest BCUT2D eigenvalue weighted by Gasteiger charge is 2.24. The lowest BCUT2D eigenvalue weighted by molar-refractivity contribution is -0.123. The minimum absolute atomic E-state index is 0.175. The molecule has 7 heteroatoms. The first-order valence-electron chi connectivity index (χ1n) is 10.6. The Morgan fingerprint density at radius 1 is 0.970 bits per heavy atom. The van der Waals surface area contributed by atoms with Gasteiger partial charge in [0.05, 0.1) is 6.21 Å². The second-order valence-corrected chi connectivity index (χ2v) is 7.78. The smallest absolute Gasteiger partial charge is 0.262 e. The van der Waals surface area contributed by atoms with Crippen LogP contribution in [0.5, 0.6) is 5.75 Å². The van der Waals surface area contributed by atoms with E-state index in [1.807, 2.05) is 68.4 Å². The van der Waals surface area contributed by atoms with Crippen molar-refractivity contribution < 1.29 is 18.7 Å². The van der Waals surface area contributed by atoms with Crippen molar-refractivity contribution in [2.45, 2.75) is 26.5 Å². The standard InChI is InChI=1S/C26H26FN3O3/c1-18(2)24(29-25(31)21-10-12-22(27)13-11-21)26(32)30-28-16-19-8-14-23(15-9-19)33-17-20-6-4-3-5-7-20/h3-16,18,24H,17H2,1-2H3,(H,29,31)(H,30,32)/b28-16+. The van der Waals surface area contributed by atoms with E-state index in [2.05, 4.69) is 15.8 Å². The lowest BCUT2D eigenvalue weighted by Gasteiger charge is -2.20. The summed E-state index contributed by atoms with van der Waals surface area (Å²) in [5.41, 5.74) is 4.59. The number of hydrogen-bond donors (Lipinski definition) is 2. The first-order valence-corrected chi connectivity index (χ1v) is 10.6. The molecule has 2 amide bonds. The van der Waals surface area contributed by atoms with Crippen molar-refractivity contribution in [3.8, 4) is 5.75 Å². The van der Waals surface area contributed by atoms with Gasteiger partial charge in [0.1, 0.15) is 24.2 Å². The highest BCUT2D eigenvalue weighted by molar-refractivity contribution is 5.97. The first kappa shape index (κ1) is 23.7. The molecule has 0 saturated heterocycles. The molecule has 0 aromatic heterocycles. The lowest BCUT2D eigenvalue weighted by atomic mass is 10.0. The maximum absolute atomic E-state index is 13.1. The Morgan fingerprint density at radius 2 is 1.64 bits per heavy atom. The Balaban J connectivity index is 1.52. The lowest BCUT2D eigenvalue weighted by Crippen LogP contribution is -2.48. The quantitative estimate of drug-likeness (QED) is 0.379. The van der Waals surface area contributed by atoms with E-state index in [1.54, 1.807) is 0 Å². The van der Waals surface area contributed by atoms with Crippen molar-refractivity contribution >= 4 is 18.0 Å². The molecule has 2 N–H and O–H groups in total. The van der Waals surface area contributed by atoms with E-state index in [0.29, 0.717) is 6.61 Å². The van der Waals surface area contributed by atoms with Gasteiger partial charge >= 0.3 is 0 Å². The van der Waals surface area contributed by atoms with Crippen LogP contribution in [0.1, 0.15) is 35.3 Å². The molecule has 1 atom stereocenters. The van der Waals surface area contributed by atoms with Gasteiger partial charge in [-0.25, -0.2) is 9.82 Å². The Morgan fingerprint density at radius 3 is 2.27 bits per heavy atom. The molecule has 0 aliphatic rings. The van der Waals surface area contributed by atoms with Gasteiger partial charge in [0, 0.05) is 5.56 Å². The summed E-state index contributed by atoms with van der Waals surface area (Å²) >= 11 is 0. The van der Waals surface area contributed by atoms with Crippen LogP contribution < -0.4 is 15.5 Å². The molecule has 0 aliphatic carbocycles. The van der Waals surface area contributed by atoms with E-state index in [-0.39, 0.29) is 11.5 Å². The molecule has 3 aromatic carbocycles. The van der Waals surface area contributed by atoms with Crippen molar-refractivity contribution in [2.24, 2.45) is 11.0 Å². The van der Waals surface area contributed by atoms with Crippen LogP contribution in [0.2, 0.25) is 0 Å². The summed E-state index contributed by atoms with van der Waals surface area (Å²) in [5.74, 6) is -0.790. The maximum Gasteiger partial charge on any atom is 0.262 e. The Labute approximate surface area is 192 Å². The molecule has 3 aromatic rings. The Kier molecular flexibility index (Phi) is 8.30. The van der Waals surface area contributed by atoms with Crippen LogP contribution in [-0.2, 0) is 11.4 Å². The molecule has 0 bridgehead atoms. The number of benzene rings is 3. The van der Waals surface area contributed by atoms with Crippen molar-refractivity contribution in [2.75, 3.05) is 0 Å². The topological polar surface area (TPSA) is 79.8 Å². The van der Waals surface area contributed by atoms with Crippen LogP contribution in [0.15, 0.2) is 84.0 Å². The van der Waals surface area contributed by atoms with Crippen molar-refractivity contribution in [1.29, 1.82) is 0 Å². The number of halogens is 1. The zero-order valence-corrected chi connectivity index (χ0v) is 18.5. The molecule has 3 rings (SSSR count). The van der Waals surface area contributed by atoms with Gasteiger partial charge in [0.15, 0.2) is 0 Å². The van der Waals surface area contributed by atoms with Crippen LogP contribution in [0.3, 0.4) is 0 Å². The van der Waals surface area contributed by atoms with Gasteiger partial charge in [-0.15, -0.1) is 0 Å². The number of nitrogens with one attached hydrogen (secondary N) is 2. The third-order valence-electron chi connectivity index (χ3n) is 4.86. The van der Waals surface area contributed by atoms with Crippen LogP contribution in [0.4, 0.5) is 4.39 Å². The average Bonchev–Trinajstić information content (AvgIpc) is 2.82. The number of ether oxygens (including phenoxy) is 1. The summed E-state index contributed by atoms with van der Waals surface area (Å²) in [6.07, 6.45) is 1.51. The molecular formula is C26H26FN3O3. The third kappa shape index (κ3) is 7.28. The van der Waals surface area contributed by atoms with E-state index < -0.39 is 23.7 Å². The molecule has 170 valence electrons. The molecule has 0 spiro atoms. The minimum atomic E-state index is -0.798. The van der Waals surface area contributed by atoms with Gasteiger partial charge < -0.3 is 10.1 Å². The summed E-state index contributed by atoms with van der Waals surface area (Å²) in [7, 11) is 0. The highest BCUT2D eigenvalue weighted by atomic mass is 19.1. The second-order valence-electron chi connectivity index (χ2n) is 7.78. The van der Waals surface area contributed by atoms with Gasteiger partial charge in [0.2, 0.25) is 0 Å². The van der Waals surface area contributed by atoms with E-state index in [4.69, 9.17) is 4.74 Å². The fourth-order valence-electron chi connectivity index (χ4n) is 2.99. The summed E-state index contributed by atoms with van der Waals surface area (Å²) in [5, 5.41) is 6.67. The fourth-order valence-corrected chi connectivity index (χ4v) is 2.99. The predicted octanol–water partition coefficient (Wildman–Crippen LogP) is 4.31. The molecule has 0 saturated carbocycles. The first-order chi connectivity index (χ1) is 15.9. The largest absolute Gasteiger partial charge is 0.489 e. The average molecular weight is 448 g/mol. The maximum atomic E-state index is 13.1. The number of carbonyl (C=O) groups is 2. The molecule has 0 radical (unpaired) electrons. The Bertz CT molecular complexity index is 1080. The van der Waals surface area contributed by atoms with Crippen LogP contribution in [0.25, 0.3) is 0 Å². The highest BCUT2D eigenvalue weighted by Crippen LogP contribution is 2.13. The van der Waals surface area contributed by atoms with Crippen molar-refractivity contribution in [3.05, 3.63) is 101 Å². The molecule has 6 nitrogen and oxygen atoms in total. The monoisotopic (exact) mass is 447 g/mol. The molecule has 33 heavy (non-hydrogen) atoms. The molecule has 0 heterocycles. The van der Waals surface area contributed by atoms with E-state index in [0.717, 1.165) is 16.9 Å². The minimum Gasteiger partial charge on any atom is -0.489 e. The number of carbonyl (C=O) groups excluding carboxylic acids is 2. The number of nitrogens with zero attached hydrogens (tertiary/aromatic N) is 1. The Hall–Kier alpha value is -4.00. The van der Waals surface area contributed by atoms with Crippen molar-refractivity contribution in [3.63, 3.8) is 0 Å². The normalized spacial score (nSPS) is 11.9. The summed E-state index contributed by atoms with van der Waals surface area (Å²) in [6, 6.07) is 21.5. The third-order valence-corrected chi connectivity index (χ3v) is 4.86. The number of hydrogen-bond acceptors (Lipinski definition) is 4. The molecular weight excluding hydrogens is 421 g/mol. The number of amides is 2. The second kappa shape index (κ2) is 11.6. The van der Waals surface area contributed by atoms with E-state index >= 15 is 0 Å².